The van der Waals surface area contributed by atoms with Gasteiger partial charge in [-0.2, -0.15) is 14.8 Å². The van der Waals surface area contributed by atoms with Gasteiger partial charge in [0.1, 0.15) is 30.4 Å². The summed E-state index contributed by atoms with van der Waals surface area (Å²) in [6, 6.07) is 7.65. The van der Waals surface area contributed by atoms with Crippen molar-refractivity contribution in [3.8, 4) is 17.6 Å². The summed E-state index contributed by atoms with van der Waals surface area (Å²) in [5, 5.41) is 14.9. The Morgan fingerprint density at radius 2 is 2.10 bits per heavy atom. The van der Waals surface area contributed by atoms with Crippen molar-refractivity contribution in [1.82, 2.24) is 14.8 Å². The molecule has 15 heteroatoms. The number of hydrogen-bond donors (Lipinski definition) is 2. The molecule has 1 saturated heterocycles. The number of carbonyl (C=O) groups excluding carboxylic acids is 1. The fourth-order valence-electron chi connectivity index (χ4n) is 3.46. The van der Waals surface area contributed by atoms with E-state index in [0.717, 1.165) is 6.20 Å². The van der Waals surface area contributed by atoms with Gasteiger partial charge in [-0.05, 0) is 26.0 Å². The monoisotopic (exact) mass is 588 g/mol. The number of alkyl halides is 2. The highest BCUT2D eigenvalue weighted by molar-refractivity contribution is 7.54. The molecule has 0 amide bonds. The van der Waals surface area contributed by atoms with Gasteiger partial charge in [0.15, 0.2) is 11.1 Å². The van der Waals surface area contributed by atoms with Gasteiger partial charge in [0.2, 0.25) is 0 Å². The zero-order valence-corrected chi connectivity index (χ0v) is 22.8. The molecule has 1 aliphatic rings. The second-order valence-electron chi connectivity index (χ2n) is 8.76. The number of benzene rings is 1. The summed E-state index contributed by atoms with van der Waals surface area (Å²) in [4.78, 5) is 26.1. The predicted octanol–water partition coefficient (Wildman–Crippen LogP) is 2.31. The molecular formula is C24H29ClFN4O8P. The first-order valence-corrected chi connectivity index (χ1v) is 13.8. The van der Waals surface area contributed by atoms with Crippen molar-refractivity contribution in [1.29, 1.82) is 0 Å². The van der Waals surface area contributed by atoms with Crippen molar-refractivity contribution in [3.63, 3.8) is 0 Å². The number of rotatable bonds is 10. The van der Waals surface area contributed by atoms with Crippen LogP contribution in [0.15, 0.2) is 41.3 Å². The number of nitrogens with two attached hydrogens (primary N) is 1. The quantitative estimate of drug-likeness (QED) is 0.181. The number of aliphatic hydroxyl groups excluding tert-OH is 1. The highest BCUT2D eigenvalue weighted by atomic mass is 35.5. The van der Waals surface area contributed by atoms with Crippen molar-refractivity contribution >= 4 is 31.0 Å². The predicted molar refractivity (Wildman–Crippen MR) is 139 cm³/mol. The Hall–Kier alpha value is -3.01. The molecule has 1 aromatic carbocycles. The maximum atomic E-state index is 14.0. The van der Waals surface area contributed by atoms with Gasteiger partial charge < -0.3 is 24.8 Å². The lowest BCUT2D eigenvalue weighted by atomic mass is 9.99. The molecule has 1 fully saturated rings. The molecule has 0 saturated carbocycles. The van der Waals surface area contributed by atoms with Gasteiger partial charge in [-0.3, -0.25) is 9.32 Å². The van der Waals surface area contributed by atoms with Gasteiger partial charge in [0.05, 0.1) is 33.7 Å². The average Bonchev–Trinajstić information content (AvgIpc) is 3.13. The molecule has 1 aromatic heterocycles. The number of aliphatic hydroxyl groups is 1. The topological polar surface area (TPSA) is 165 Å². The van der Waals surface area contributed by atoms with Crippen molar-refractivity contribution in [2.75, 3.05) is 25.1 Å². The van der Waals surface area contributed by atoms with Crippen LogP contribution in [0, 0.1) is 17.8 Å². The van der Waals surface area contributed by atoms with Crippen molar-refractivity contribution in [3.05, 3.63) is 47.0 Å². The first kappa shape index (κ1) is 27.6. The summed E-state index contributed by atoms with van der Waals surface area (Å²) in [6.45, 7) is 0.271. The number of halogens is 2. The number of para-hydroxylation sites is 1. The number of nitrogens with zero attached hydrogens (tertiary/aromatic N) is 3. The molecule has 0 aliphatic carbocycles. The van der Waals surface area contributed by atoms with Crippen LogP contribution in [0.1, 0.15) is 29.7 Å². The van der Waals surface area contributed by atoms with Crippen LogP contribution in [-0.2, 0) is 23.4 Å². The van der Waals surface area contributed by atoms with E-state index in [1.807, 2.05) is 5.92 Å². The van der Waals surface area contributed by atoms with Crippen LogP contribution < -0.4 is 15.9 Å². The number of hydrogen-bond acceptors (Lipinski definition) is 11. The van der Waals surface area contributed by atoms with Gasteiger partial charge in [0.25, 0.3) is 0 Å². The fourth-order valence-corrected chi connectivity index (χ4v) is 5.50. The number of carbonyl (C=O) groups is 1. The number of anilines is 1. The highest BCUT2D eigenvalue weighted by Crippen LogP contribution is 2.51. The molecule has 0 bridgehead atoms. The van der Waals surface area contributed by atoms with Gasteiger partial charge >= 0.3 is 19.3 Å². The van der Waals surface area contributed by atoms with E-state index in [1.54, 1.807) is 32.0 Å². The second kappa shape index (κ2) is 12.9. The van der Waals surface area contributed by atoms with Gasteiger partial charge in [-0.25, -0.2) is 13.8 Å². The number of nitrogen functional groups attached to an aromatic ring is 1. The van der Waals surface area contributed by atoms with Crippen molar-refractivity contribution < 1.29 is 40.1 Å². The summed E-state index contributed by atoms with van der Waals surface area (Å²) in [7, 11) is -4.59. The maximum Gasteiger partial charge on any atom is 0.380 e. The van der Waals surface area contributed by atoms with E-state index in [1.165, 1.54) is 19.1 Å². The third-order valence-electron chi connectivity index (χ3n) is 5.20. The third kappa shape index (κ3) is 7.56. The van der Waals surface area contributed by atoms with E-state index in [2.05, 4.69) is 16.0 Å². The number of esters is 1. The summed E-state index contributed by atoms with van der Waals surface area (Å²) < 4.78 is 66.4. The average molecular weight is 589 g/mol. The molecule has 212 valence electrons. The molecule has 1 unspecified atom stereocenters. The van der Waals surface area contributed by atoms with Crippen LogP contribution >= 0.6 is 19.2 Å². The first-order chi connectivity index (χ1) is 19.1. The molecule has 0 spiro atoms. The van der Waals surface area contributed by atoms with Gasteiger partial charge in [-0.15, -0.1) is 0 Å². The largest absolute Gasteiger partial charge is 0.463 e. The molecule has 39 heavy (non-hydrogen) atoms. The van der Waals surface area contributed by atoms with E-state index in [-0.39, 0.29) is 11.6 Å². The Bertz CT molecular complexity index is 1410. The van der Waals surface area contributed by atoms with Crippen molar-refractivity contribution in [2.45, 2.75) is 50.2 Å². The second-order valence-corrected chi connectivity index (χ2v) is 11.3. The van der Waals surface area contributed by atoms with E-state index >= 15 is 0 Å². The van der Waals surface area contributed by atoms with Crippen LogP contribution in [0.25, 0.3) is 0 Å². The Balaban J connectivity index is 2.00. The van der Waals surface area contributed by atoms with Crippen LogP contribution in [0.5, 0.6) is 5.75 Å². The number of aromatic nitrogens is 3. The Labute approximate surface area is 231 Å². The standard InChI is InChI=1S/C24H29ClFN4O8P/c1-15(2)36-21(32)16(3)14-39(34,38-17-8-5-4-6-9-17)35-13-18-20(31)24(25,10-7-11-26)22(37-18)30-23(33)29-19(27)12-28-30/h4-6,8-9,12,15-16,18,20,22,31H,11,13-14H2,1-3H3,(H2,27,29,33)/t16-,18-,20+,22-,24?,39+/m1/s1/i13D2. The minimum absolute atomic E-state index is 0.0334. The first-order valence-electron chi connectivity index (χ1n) is 12.7. The Morgan fingerprint density at radius 3 is 2.72 bits per heavy atom. The normalized spacial score (nSPS) is 26.0. The van der Waals surface area contributed by atoms with E-state index in [4.69, 9.17) is 38.6 Å². The van der Waals surface area contributed by atoms with Crippen LogP contribution in [0.3, 0.4) is 0 Å². The lowest BCUT2D eigenvalue weighted by molar-refractivity contribution is -0.151. The van der Waals surface area contributed by atoms with Crippen LogP contribution in [0.2, 0.25) is 0 Å². The highest BCUT2D eigenvalue weighted by Gasteiger charge is 2.57. The zero-order chi connectivity index (χ0) is 30.6. The minimum atomic E-state index is -4.59. The SMILES string of the molecule is [2H]C([2H])(O[P@@](=O)(C[C@@H](C)C(=O)OC(C)C)Oc1ccccc1)[C@H]1O[C@@H](n2ncc(N)nc2=O)C(Cl)(C#CCF)[C@H]1O. The molecule has 2 aromatic rings. The molecule has 6 atom stereocenters. The summed E-state index contributed by atoms with van der Waals surface area (Å²) >= 11 is 6.53. The molecule has 1 aliphatic heterocycles. The van der Waals surface area contributed by atoms with E-state index in [9.17, 15) is 23.7 Å². The van der Waals surface area contributed by atoms with Crippen LogP contribution in [0.4, 0.5) is 10.2 Å². The lowest BCUT2D eigenvalue weighted by Crippen LogP contribution is -2.44. The minimum Gasteiger partial charge on any atom is -0.463 e. The third-order valence-corrected chi connectivity index (χ3v) is 7.58. The summed E-state index contributed by atoms with van der Waals surface area (Å²) in [6.07, 6.45) is -6.16. The molecule has 12 nitrogen and oxygen atoms in total. The maximum absolute atomic E-state index is 14.0. The molecule has 3 N–H and O–H groups in total. The van der Waals surface area contributed by atoms with E-state index < -0.39 is 74.0 Å². The van der Waals surface area contributed by atoms with Gasteiger partial charge in [-0.1, -0.05) is 48.6 Å². The molecular weight excluding hydrogens is 558 g/mol. The Kier molecular flexibility index (Phi) is 9.11. The summed E-state index contributed by atoms with van der Waals surface area (Å²) in [5.41, 5.74) is 4.38. The summed E-state index contributed by atoms with van der Waals surface area (Å²) in [5.74, 6) is 2.24. The van der Waals surface area contributed by atoms with E-state index in [0.29, 0.717) is 4.68 Å². The Morgan fingerprint density at radius 1 is 1.41 bits per heavy atom. The molecule has 3 rings (SSSR count). The van der Waals surface area contributed by atoms with Crippen LogP contribution in [-0.4, -0.2) is 68.4 Å². The smallest absolute Gasteiger partial charge is 0.380 e. The lowest BCUT2D eigenvalue weighted by Gasteiger charge is -2.25. The fraction of sp³-hybridized carbons (Fsp3) is 0.500. The zero-order valence-electron chi connectivity index (χ0n) is 23.2. The molecule has 2 heterocycles. The van der Waals surface area contributed by atoms with Crippen molar-refractivity contribution in [2.24, 2.45) is 5.92 Å². The molecule has 0 radical (unpaired) electrons. The number of ether oxygens (including phenoxy) is 2. The van der Waals surface area contributed by atoms with Gasteiger partial charge in [0, 0.05) is 0 Å².